The van der Waals surface area contributed by atoms with E-state index in [-0.39, 0.29) is 13.0 Å². The zero-order valence-corrected chi connectivity index (χ0v) is 20.5. The first-order valence-corrected chi connectivity index (χ1v) is 11.9. The third-order valence-corrected chi connectivity index (χ3v) is 7.09. The zero-order chi connectivity index (χ0) is 25.9. The topological polar surface area (TPSA) is 136 Å². The lowest BCUT2D eigenvalue weighted by molar-refractivity contribution is -0.161. The van der Waals surface area contributed by atoms with Crippen molar-refractivity contribution in [3.8, 4) is 5.75 Å². The largest absolute Gasteiger partial charge is 0.487 e. The monoisotopic (exact) mass is 517 g/mol. The van der Waals surface area contributed by atoms with Crippen LogP contribution in [0.1, 0.15) is 13.3 Å². The lowest BCUT2D eigenvalue weighted by Gasteiger charge is -2.51. The van der Waals surface area contributed by atoms with Gasteiger partial charge in [-0.3, -0.25) is 24.7 Å². The minimum absolute atomic E-state index is 0.00505. The Kier molecular flexibility index (Phi) is 7.51. The molecule has 192 valence electrons. The lowest BCUT2D eigenvalue weighted by atomic mass is 9.75. The van der Waals surface area contributed by atoms with E-state index in [1.165, 1.54) is 25.4 Å². The second kappa shape index (κ2) is 10.6. The molecule has 2 aliphatic rings. The molecule has 2 fully saturated rings. The van der Waals surface area contributed by atoms with Crippen molar-refractivity contribution in [1.29, 1.82) is 0 Å². The number of aromatic nitrogens is 1. The molecule has 0 aliphatic carbocycles. The molecule has 3 atom stereocenters. The molecule has 0 saturated carbocycles. The highest BCUT2D eigenvalue weighted by Crippen LogP contribution is 2.38. The highest BCUT2D eigenvalue weighted by molar-refractivity contribution is 6.30. The maximum absolute atomic E-state index is 13.8. The fourth-order valence-corrected chi connectivity index (χ4v) is 5.15. The summed E-state index contributed by atoms with van der Waals surface area (Å²) >= 11 is 5.97. The standard InChI is InChI=1S/C24H28ClN5O6/c1-24(22(32)29-9-7-28(8-10-29)17-5-3-2-4-6-17)20(21(31)27-35)12-19(15-30(24)23(33)34)36-18-11-16(25)13-26-14-18/h2-6,11,13-14,19-20,35H,7-10,12,15H2,1H3,(H,27,31)(H,33,34)/t19-,20+,24-/m0/s1. The molecular weight excluding hydrogens is 490 g/mol. The number of hydrogen-bond donors (Lipinski definition) is 3. The van der Waals surface area contributed by atoms with Crippen LogP contribution < -0.4 is 15.1 Å². The van der Waals surface area contributed by atoms with Crippen LogP contribution >= 0.6 is 11.6 Å². The third-order valence-electron chi connectivity index (χ3n) is 6.89. The Balaban J connectivity index is 1.56. The Morgan fingerprint density at radius 2 is 1.83 bits per heavy atom. The van der Waals surface area contributed by atoms with Crippen LogP contribution in [-0.2, 0) is 9.59 Å². The summed E-state index contributed by atoms with van der Waals surface area (Å²) in [6, 6.07) is 11.3. The highest BCUT2D eigenvalue weighted by atomic mass is 35.5. The number of nitrogens with one attached hydrogen (secondary N) is 1. The molecule has 1 aromatic carbocycles. The summed E-state index contributed by atoms with van der Waals surface area (Å²) < 4.78 is 5.88. The Bertz CT molecular complexity index is 1110. The number of benzene rings is 1. The number of pyridine rings is 1. The van der Waals surface area contributed by atoms with E-state index in [2.05, 4.69) is 9.88 Å². The van der Waals surface area contributed by atoms with E-state index in [1.54, 1.807) is 10.4 Å². The summed E-state index contributed by atoms with van der Waals surface area (Å²) in [4.78, 5) is 47.6. The number of carbonyl (C=O) groups is 3. The predicted octanol–water partition coefficient (Wildman–Crippen LogP) is 2.10. The number of rotatable bonds is 5. The molecule has 2 aliphatic heterocycles. The highest BCUT2D eigenvalue weighted by Gasteiger charge is 2.57. The maximum atomic E-state index is 13.8. The van der Waals surface area contributed by atoms with Crippen LogP contribution in [-0.4, -0.2) is 87.4 Å². The van der Waals surface area contributed by atoms with Crippen LogP contribution in [0.15, 0.2) is 48.8 Å². The van der Waals surface area contributed by atoms with Gasteiger partial charge in [0.15, 0.2) is 0 Å². The molecule has 0 spiro atoms. The Hall–Kier alpha value is -3.57. The molecule has 3 heterocycles. The number of hydrogen-bond acceptors (Lipinski definition) is 7. The van der Waals surface area contributed by atoms with E-state index >= 15 is 0 Å². The van der Waals surface area contributed by atoms with Crippen molar-refractivity contribution < 1.29 is 29.4 Å². The first-order chi connectivity index (χ1) is 17.2. The molecule has 1 aromatic heterocycles. The van der Waals surface area contributed by atoms with E-state index in [9.17, 15) is 24.7 Å². The smallest absolute Gasteiger partial charge is 0.408 e. The van der Waals surface area contributed by atoms with Gasteiger partial charge in [-0.05, 0) is 19.1 Å². The second-order valence-electron chi connectivity index (χ2n) is 9.00. The molecule has 2 saturated heterocycles. The van der Waals surface area contributed by atoms with Gasteiger partial charge in [0.1, 0.15) is 17.4 Å². The molecule has 3 N–H and O–H groups in total. The Morgan fingerprint density at radius 3 is 2.44 bits per heavy atom. The molecular formula is C24H28ClN5O6. The zero-order valence-electron chi connectivity index (χ0n) is 19.7. The van der Waals surface area contributed by atoms with Crippen molar-refractivity contribution in [1.82, 2.24) is 20.3 Å². The third kappa shape index (κ3) is 5.02. The quantitative estimate of drug-likeness (QED) is 0.405. The predicted molar refractivity (Wildman–Crippen MR) is 130 cm³/mol. The van der Waals surface area contributed by atoms with Crippen LogP contribution in [0, 0.1) is 5.92 Å². The summed E-state index contributed by atoms with van der Waals surface area (Å²) in [7, 11) is 0. The van der Waals surface area contributed by atoms with Crippen molar-refractivity contribution >= 4 is 35.2 Å². The van der Waals surface area contributed by atoms with Crippen LogP contribution in [0.4, 0.5) is 10.5 Å². The molecule has 4 rings (SSSR count). The number of carboxylic acid groups (broad SMARTS) is 1. The van der Waals surface area contributed by atoms with Gasteiger partial charge in [0.2, 0.25) is 11.8 Å². The molecule has 3 amide bonds. The molecule has 0 radical (unpaired) electrons. The number of carbonyl (C=O) groups excluding carboxylic acids is 2. The summed E-state index contributed by atoms with van der Waals surface area (Å²) in [6.45, 7) is 3.11. The number of nitrogens with zero attached hydrogens (tertiary/aromatic N) is 4. The normalized spacial score (nSPS) is 24.2. The summed E-state index contributed by atoms with van der Waals surface area (Å²) in [6.07, 6.45) is 0.688. The van der Waals surface area contributed by atoms with Crippen molar-refractivity contribution in [2.24, 2.45) is 5.92 Å². The van der Waals surface area contributed by atoms with E-state index in [0.717, 1.165) is 10.6 Å². The average molecular weight is 518 g/mol. The number of para-hydroxylation sites is 1. The first kappa shape index (κ1) is 25.5. The van der Waals surface area contributed by atoms with Crippen molar-refractivity contribution in [3.05, 3.63) is 53.8 Å². The van der Waals surface area contributed by atoms with Crippen LogP contribution in [0.25, 0.3) is 0 Å². The number of piperidine rings is 1. The Morgan fingerprint density at radius 1 is 1.14 bits per heavy atom. The van der Waals surface area contributed by atoms with Gasteiger partial charge >= 0.3 is 6.09 Å². The first-order valence-electron chi connectivity index (χ1n) is 11.5. The number of halogens is 1. The number of hydroxylamine groups is 1. The van der Waals surface area contributed by atoms with Gasteiger partial charge in [0.05, 0.1) is 23.7 Å². The Labute approximate surface area is 213 Å². The van der Waals surface area contributed by atoms with E-state index in [0.29, 0.717) is 37.0 Å². The van der Waals surface area contributed by atoms with Crippen LogP contribution in [0.3, 0.4) is 0 Å². The summed E-state index contributed by atoms with van der Waals surface area (Å²) in [5.41, 5.74) is 0.889. The van der Waals surface area contributed by atoms with Gasteiger partial charge in [0, 0.05) is 50.6 Å². The van der Waals surface area contributed by atoms with Crippen molar-refractivity contribution in [2.45, 2.75) is 25.0 Å². The van der Waals surface area contributed by atoms with Crippen LogP contribution in [0.2, 0.25) is 5.02 Å². The molecule has 11 nitrogen and oxygen atoms in total. The second-order valence-corrected chi connectivity index (χ2v) is 9.43. The average Bonchev–Trinajstić information content (AvgIpc) is 2.89. The fraction of sp³-hybridized carbons (Fsp3) is 0.417. The number of piperazine rings is 1. The fourth-order valence-electron chi connectivity index (χ4n) is 4.99. The van der Waals surface area contributed by atoms with E-state index < -0.39 is 35.5 Å². The van der Waals surface area contributed by atoms with Gasteiger partial charge in [-0.15, -0.1) is 0 Å². The van der Waals surface area contributed by atoms with Crippen LogP contribution in [0.5, 0.6) is 5.75 Å². The summed E-state index contributed by atoms with van der Waals surface area (Å²) in [5.74, 6) is -2.26. The van der Waals surface area contributed by atoms with Gasteiger partial charge in [-0.2, -0.15) is 0 Å². The molecule has 12 heteroatoms. The molecule has 2 aromatic rings. The van der Waals surface area contributed by atoms with Gasteiger partial charge in [-0.1, -0.05) is 29.8 Å². The number of anilines is 1. The van der Waals surface area contributed by atoms with Gasteiger partial charge in [-0.25, -0.2) is 10.3 Å². The van der Waals surface area contributed by atoms with Gasteiger partial charge in [0.25, 0.3) is 0 Å². The molecule has 0 bridgehead atoms. The number of ether oxygens (including phenoxy) is 1. The lowest BCUT2D eigenvalue weighted by Crippen LogP contribution is -2.71. The van der Waals surface area contributed by atoms with E-state index in [1.807, 2.05) is 30.3 Å². The summed E-state index contributed by atoms with van der Waals surface area (Å²) in [5, 5.41) is 19.9. The minimum atomic E-state index is -1.75. The van der Waals surface area contributed by atoms with Crippen molar-refractivity contribution in [2.75, 3.05) is 37.6 Å². The molecule has 0 unspecified atom stereocenters. The minimum Gasteiger partial charge on any atom is -0.487 e. The van der Waals surface area contributed by atoms with E-state index in [4.69, 9.17) is 16.3 Å². The molecule has 36 heavy (non-hydrogen) atoms. The maximum Gasteiger partial charge on any atom is 0.408 e. The van der Waals surface area contributed by atoms with Gasteiger partial charge < -0.3 is 19.6 Å². The number of amides is 3. The number of likely N-dealkylation sites (tertiary alicyclic amines) is 1. The van der Waals surface area contributed by atoms with Crippen molar-refractivity contribution in [3.63, 3.8) is 0 Å². The SMILES string of the molecule is C[C@@]1(C(=O)N2CCN(c3ccccc3)CC2)[C@@H](C(=O)NO)C[C@H](Oc2cncc(Cl)c2)CN1C(=O)O.